The minimum Gasteiger partial charge on any atom is -0.491 e. The maximum absolute atomic E-state index is 12.2. The van der Waals surface area contributed by atoms with Gasteiger partial charge in [0, 0.05) is 30.9 Å². The number of ether oxygens (including phenoxy) is 1. The zero-order valence-electron chi connectivity index (χ0n) is 22.0. The first-order valence-corrected chi connectivity index (χ1v) is 14.1. The van der Waals surface area contributed by atoms with Crippen molar-refractivity contribution < 1.29 is 22.8 Å². The Hall–Kier alpha value is -2.86. The van der Waals surface area contributed by atoms with Gasteiger partial charge in [-0.25, -0.2) is 22.7 Å². The van der Waals surface area contributed by atoms with E-state index in [-0.39, 0.29) is 18.3 Å². The normalized spacial score (nSPS) is 15.5. The molecule has 3 aromatic rings. The minimum atomic E-state index is -3.18. The Labute approximate surface area is 218 Å². The Balaban J connectivity index is 1.67. The molecule has 10 nitrogen and oxygen atoms in total. The van der Waals surface area contributed by atoms with Gasteiger partial charge in [0.15, 0.2) is 5.82 Å². The smallest absolute Gasteiger partial charge is 0.213 e. The van der Waals surface area contributed by atoms with Gasteiger partial charge in [0.05, 0.1) is 22.7 Å². The van der Waals surface area contributed by atoms with Crippen LogP contribution in [0.4, 0.5) is 0 Å². The number of aryl methyl sites for hydroxylation is 2. The van der Waals surface area contributed by atoms with Crippen LogP contribution in [-0.2, 0) is 16.4 Å². The fourth-order valence-corrected chi connectivity index (χ4v) is 5.74. The van der Waals surface area contributed by atoms with E-state index in [9.17, 15) is 13.5 Å². The molecule has 0 radical (unpaired) electrons. The maximum atomic E-state index is 12.2. The average molecular weight is 530 g/mol. The van der Waals surface area contributed by atoms with Crippen molar-refractivity contribution >= 4 is 10.0 Å². The molecule has 0 bridgehead atoms. The molecule has 0 aliphatic carbocycles. The van der Waals surface area contributed by atoms with Gasteiger partial charge in [-0.1, -0.05) is 17.3 Å². The van der Waals surface area contributed by atoms with Crippen LogP contribution in [-0.4, -0.2) is 78.1 Å². The van der Waals surface area contributed by atoms with Gasteiger partial charge in [-0.3, -0.25) is 0 Å². The highest BCUT2D eigenvalue weighted by Crippen LogP contribution is 2.34. The summed E-state index contributed by atoms with van der Waals surface area (Å²) in [5.74, 6) is 2.11. The van der Waals surface area contributed by atoms with Crippen molar-refractivity contribution in [3.8, 4) is 28.4 Å². The Kier molecular flexibility index (Phi) is 8.27. The highest BCUT2D eigenvalue weighted by Gasteiger charge is 2.35. The molecule has 0 saturated carbocycles. The number of aliphatic hydroxyl groups is 1. The quantitative estimate of drug-likeness (QED) is 0.385. The maximum Gasteiger partial charge on any atom is 0.213 e. The topological polar surface area (TPSA) is 131 Å². The van der Waals surface area contributed by atoms with E-state index in [0.29, 0.717) is 43.4 Å². The molecule has 1 saturated heterocycles. The van der Waals surface area contributed by atoms with Crippen molar-refractivity contribution in [2.24, 2.45) is 5.92 Å². The summed E-state index contributed by atoms with van der Waals surface area (Å²) in [4.78, 5) is 9.84. The number of aromatic nitrogens is 3. The van der Waals surface area contributed by atoms with Crippen molar-refractivity contribution in [2.45, 2.75) is 40.2 Å². The van der Waals surface area contributed by atoms with Crippen LogP contribution in [0.15, 0.2) is 28.8 Å². The summed E-state index contributed by atoms with van der Waals surface area (Å²) in [6.45, 7) is 8.98. The number of rotatable bonds is 11. The van der Waals surface area contributed by atoms with Gasteiger partial charge in [0.2, 0.25) is 10.0 Å². The molecule has 2 aromatic heterocycles. The second kappa shape index (κ2) is 11.3. The fourth-order valence-electron chi connectivity index (χ4n) is 4.50. The van der Waals surface area contributed by atoms with E-state index in [0.717, 1.165) is 33.8 Å². The molecule has 200 valence electrons. The van der Waals surface area contributed by atoms with Crippen LogP contribution in [0.25, 0.3) is 22.6 Å². The largest absolute Gasteiger partial charge is 0.491 e. The molecular formula is C26H35N5O5S. The second-order valence-corrected chi connectivity index (χ2v) is 11.8. The van der Waals surface area contributed by atoms with Gasteiger partial charge in [-0.05, 0) is 64.8 Å². The van der Waals surface area contributed by atoms with Gasteiger partial charge in [0.25, 0.3) is 0 Å². The standard InChI is InChI=1S/C26H35N5O5S/c1-6-37(33,34)31-13-19(14-31)10-23-16(2)25(24-17(3)30-36-18(24)4)29-26(28-23)20-8-7-9-22(11-20)35-15-21(32)12-27-5/h7-9,11,19,21,27,32H,6,10,12-15H2,1-5H3. The molecule has 1 atom stereocenters. The average Bonchev–Trinajstić information content (AvgIpc) is 3.18. The van der Waals surface area contributed by atoms with E-state index in [1.807, 2.05) is 45.0 Å². The monoisotopic (exact) mass is 529 g/mol. The summed E-state index contributed by atoms with van der Waals surface area (Å²) in [5, 5.41) is 17.0. The number of likely N-dealkylation sites (N-methyl/N-ethyl adjacent to an activating group) is 1. The first-order valence-electron chi connectivity index (χ1n) is 12.5. The molecule has 1 aliphatic rings. The van der Waals surface area contributed by atoms with Crippen LogP contribution in [0, 0.1) is 26.7 Å². The first kappa shape index (κ1) is 27.2. The zero-order chi connectivity index (χ0) is 26.7. The molecule has 11 heteroatoms. The molecule has 0 spiro atoms. The van der Waals surface area contributed by atoms with Crippen molar-refractivity contribution in [3.05, 3.63) is 47.0 Å². The van der Waals surface area contributed by atoms with Crippen LogP contribution in [0.5, 0.6) is 5.75 Å². The minimum absolute atomic E-state index is 0.108. The Bertz CT molecular complexity index is 1330. The number of nitrogens with one attached hydrogen (secondary N) is 1. The molecule has 1 fully saturated rings. The lowest BCUT2D eigenvalue weighted by Gasteiger charge is -2.38. The van der Waals surface area contributed by atoms with Crippen LogP contribution in [0.2, 0.25) is 0 Å². The Morgan fingerprint density at radius 2 is 2.00 bits per heavy atom. The Morgan fingerprint density at radius 1 is 1.24 bits per heavy atom. The molecular weight excluding hydrogens is 494 g/mol. The highest BCUT2D eigenvalue weighted by atomic mass is 32.2. The van der Waals surface area contributed by atoms with Crippen molar-refractivity contribution in [1.29, 1.82) is 0 Å². The van der Waals surface area contributed by atoms with Crippen molar-refractivity contribution in [3.63, 3.8) is 0 Å². The van der Waals surface area contributed by atoms with Crippen LogP contribution in [0.3, 0.4) is 0 Å². The van der Waals surface area contributed by atoms with Gasteiger partial charge < -0.3 is 19.7 Å². The summed E-state index contributed by atoms with van der Waals surface area (Å²) in [7, 11) is -1.40. The molecule has 1 unspecified atom stereocenters. The van der Waals surface area contributed by atoms with E-state index in [4.69, 9.17) is 19.2 Å². The lowest BCUT2D eigenvalue weighted by molar-refractivity contribution is 0.108. The highest BCUT2D eigenvalue weighted by molar-refractivity contribution is 7.89. The lowest BCUT2D eigenvalue weighted by atomic mass is 9.93. The van der Waals surface area contributed by atoms with Gasteiger partial charge >= 0.3 is 0 Å². The van der Waals surface area contributed by atoms with Crippen molar-refractivity contribution in [1.82, 2.24) is 24.7 Å². The summed E-state index contributed by atoms with van der Waals surface area (Å²) < 4.78 is 37.1. The Morgan fingerprint density at radius 3 is 2.65 bits per heavy atom. The van der Waals surface area contributed by atoms with E-state index in [1.54, 1.807) is 14.0 Å². The number of benzene rings is 1. The summed E-state index contributed by atoms with van der Waals surface area (Å²) in [6, 6.07) is 7.47. The van der Waals surface area contributed by atoms with Crippen molar-refractivity contribution in [2.75, 3.05) is 39.0 Å². The third-order valence-corrected chi connectivity index (χ3v) is 8.47. The third kappa shape index (κ3) is 6.01. The van der Waals surface area contributed by atoms with E-state index >= 15 is 0 Å². The van der Waals surface area contributed by atoms with Crippen LogP contribution >= 0.6 is 0 Å². The number of hydrogen-bond donors (Lipinski definition) is 2. The van der Waals surface area contributed by atoms with Gasteiger partial charge in [-0.15, -0.1) is 0 Å². The van der Waals surface area contributed by atoms with E-state index in [1.165, 1.54) is 4.31 Å². The molecule has 0 amide bonds. The number of hydrogen-bond acceptors (Lipinski definition) is 9. The fraction of sp³-hybridized carbons (Fsp3) is 0.500. The second-order valence-electron chi connectivity index (χ2n) is 9.50. The molecule has 3 heterocycles. The van der Waals surface area contributed by atoms with Gasteiger partial charge in [0.1, 0.15) is 24.2 Å². The molecule has 37 heavy (non-hydrogen) atoms. The predicted octanol–water partition coefficient (Wildman–Crippen LogP) is 2.51. The van der Waals surface area contributed by atoms with E-state index < -0.39 is 16.1 Å². The molecule has 2 N–H and O–H groups in total. The number of sulfonamides is 1. The summed E-state index contributed by atoms with van der Waals surface area (Å²) >= 11 is 0. The number of aliphatic hydroxyl groups excluding tert-OH is 1. The summed E-state index contributed by atoms with van der Waals surface area (Å²) in [6.07, 6.45) is 0.0143. The first-order chi connectivity index (χ1) is 17.6. The lowest BCUT2D eigenvalue weighted by Crippen LogP contribution is -2.51. The SMILES string of the molecule is CCS(=O)(=O)N1CC(Cc2nc(-c3cccc(OCC(O)CNC)c3)nc(-c3c(C)noc3C)c2C)C1. The predicted molar refractivity (Wildman–Crippen MR) is 141 cm³/mol. The molecule has 1 aliphatic heterocycles. The van der Waals surface area contributed by atoms with Crippen LogP contribution in [0.1, 0.15) is 29.6 Å². The van der Waals surface area contributed by atoms with Gasteiger partial charge in [-0.2, -0.15) is 0 Å². The van der Waals surface area contributed by atoms with Crippen LogP contribution < -0.4 is 10.1 Å². The summed E-state index contributed by atoms with van der Waals surface area (Å²) in [5.41, 5.74) is 4.92. The van der Waals surface area contributed by atoms with E-state index in [2.05, 4.69) is 10.5 Å². The molecule has 4 rings (SSSR count). The zero-order valence-corrected chi connectivity index (χ0v) is 22.8. The third-order valence-electron chi connectivity index (χ3n) is 6.66. The molecule has 1 aromatic carbocycles. The number of nitrogens with zero attached hydrogens (tertiary/aromatic N) is 4.